The Morgan fingerprint density at radius 3 is 2.86 bits per heavy atom. The van der Waals surface area contributed by atoms with Crippen LogP contribution in [0.15, 0.2) is 36.5 Å². The highest BCUT2D eigenvalue weighted by molar-refractivity contribution is 5.22. The number of aliphatic hydroxyl groups is 1. The fourth-order valence-electron chi connectivity index (χ4n) is 2.96. The molecule has 5 heteroatoms. The first-order valence-electron chi connectivity index (χ1n) is 7.73. The van der Waals surface area contributed by atoms with Crippen molar-refractivity contribution in [3.8, 4) is 0 Å². The van der Waals surface area contributed by atoms with Crippen LogP contribution >= 0.6 is 0 Å². The Kier molecular flexibility index (Phi) is 4.57. The standard InChI is InChI=1S/C17H23N3O2/c1-12-14(10-19-20(12)2)17-15(8-9-22-17)18-11-16(21)13-6-4-3-5-7-13/h3-7,10,15-18,21H,8-9,11H2,1-2H3/t15-,16+,17+/m0/s1. The van der Waals surface area contributed by atoms with Gasteiger partial charge in [-0.2, -0.15) is 5.10 Å². The van der Waals surface area contributed by atoms with Gasteiger partial charge in [0.05, 0.1) is 12.3 Å². The molecule has 0 bridgehead atoms. The Hall–Kier alpha value is -1.69. The maximum atomic E-state index is 10.3. The summed E-state index contributed by atoms with van der Waals surface area (Å²) in [5.41, 5.74) is 3.19. The molecule has 2 heterocycles. The van der Waals surface area contributed by atoms with E-state index in [-0.39, 0.29) is 12.1 Å². The lowest BCUT2D eigenvalue weighted by atomic mass is 10.0. The van der Waals surface area contributed by atoms with Crippen LogP contribution in [0, 0.1) is 6.92 Å². The third-order valence-electron chi connectivity index (χ3n) is 4.43. The van der Waals surface area contributed by atoms with Crippen LogP contribution in [-0.2, 0) is 11.8 Å². The second kappa shape index (κ2) is 6.60. The fraction of sp³-hybridized carbons (Fsp3) is 0.471. The molecule has 5 nitrogen and oxygen atoms in total. The first-order chi connectivity index (χ1) is 10.7. The van der Waals surface area contributed by atoms with Crippen LogP contribution in [0.4, 0.5) is 0 Å². The molecule has 2 N–H and O–H groups in total. The second-order valence-electron chi connectivity index (χ2n) is 5.83. The fourth-order valence-corrected chi connectivity index (χ4v) is 2.96. The van der Waals surface area contributed by atoms with Crippen LogP contribution in [0.25, 0.3) is 0 Å². The number of aryl methyl sites for hydroxylation is 1. The van der Waals surface area contributed by atoms with Gasteiger partial charge in [0.2, 0.25) is 0 Å². The third-order valence-corrected chi connectivity index (χ3v) is 4.43. The molecule has 1 aromatic heterocycles. The Morgan fingerprint density at radius 2 is 2.18 bits per heavy atom. The number of aliphatic hydroxyl groups excluding tert-OH is 1. The lowest BCUT2D eigenvalue weighted by Crippen LogP contribution is -2.35. The van der Waals surface area contributed by atoms with Gasteiger partial charge < -0.3 is 15.2 Å². The number of nitrogens with zero attached hydrogens (tertiary/aromatic N) is 2. The number of hydrogen-bond acceptors (Lipinski definition) is 4. The van der Waals surface area contributed by atoms with Crippen molar-refractivity contribution in [2.24, 2.45) is 7.05 Å². The van der Waals surface area contributed by atoms with Crippen LogP contribution in [0.2, 0.25) is 0 Å². The maximum Gasteiger partial charge on any atom is 0.101 e. The number of hydrogen-bond donors (Lipinski definition) is 2. The highest BCUT2D eigenvalue weighted by atomic mass is 16.5. The monoisotopic (exact) mass is 301 g/mol. The predicted molar refractivity (Wildman–Crippen MR) is 84.4 cm³/mol. The van der Waals surface area contributed by atoms with Crippen molar-refractivity contribution < 1.29 is 9.84 Å². The van der Waals surface area contributed by atoms with Crippen LogP contribution in [0.5, 0.6) is 0 Å². The Balaban J connectivity index is 1.63. The average Bonchev–Trinajstić information content (AvgIpc) is 3.13. The SMILES string of the molecule is Cc1c([C@H]2OCC[C@@H]2NC[C@@H](O)c2ccccc2)cnn1C. The topological polar surface area (TPSA) is 59.3 Å². The van der Waals surface area contributed by atoms with E-state index in [1.54, 1.807) is 0 Å². The van der Waals surface area contributed by atoms with Crippen molar-refractivity contribution in [1.82, 2.24) is 15.1 Å². The molecule has 1 aliphatic rings. The molecule has 118 valence electrons. The van der Waals surface area contributed by atoms with Gasteiger partial charge in [-0.3, -0.25) is 4.68 Å². The van der Waals surface area contributed by atoms with E-state index in [2.05, 4.69) is 17.3 Å². The molecule has 1 aliphatic heterocycles. The highest BCUT2D eigenvalue weighted by Gasteiger charge is 2.32. The van der Waals surface area contributed by atoms with Gasteiger partial charge in [0, 0.05) is 37.5 Å². The molecule has 3 atom stereocenters. The molecule has 0 saturated carbocycles. The molecule has 1 aromatic carbocycles. The van der Waals surface area contributed by atoms with Crippen LogP contribution in [0.3, 0.4) is 0 Å². The van der Waals surface area contributed by atoms with Gasteiger partial charge >= 0.3 is 0 Å². The van der Waals surface area contributed by atoms with Gasteiger partial charge in [0.25, 0.3) is 0 Å². The molecular formula is C17H23N3O2. The molecule has 0 amide bonds. The van der Waals surface area contributed by atoms with E-state index in [9.17, 15) is 5.11 Å². The number of rotatable bonds is 5. The van der Waals surface area contributed by atoms with E-state index in [1.165, 1.54) is 0 Å². The van der Waals surface area contributed by atoms with E-state index in [0.717, 1.165) is 29.8 Å². The maximum absolute atomic E-state index is 10.3. The number of ether oxygens (including phenoxy) is 1. The van der Waals surface area contributed by atoms with Crippen molar-refractivity contribution in [1.29, 1.82) is 0 Å². The summed E-state index contributed by atoms with van der Waals surface area (Å²) in [7, 11) is 1.94. The van der Waals surface area contributed by atoms with Crippen molar-refractivity contribution in [2.45, 2.75) is 31.6 Å². The predicted octanol–water partition coefficient (Wildman–Crippen LogP) is 1.88. The molecule has 0 radical (unpaired) electrons. The lowest BCUT2D eigenvalue weighted by Gasteiger charge is -2.21. The number of benzene rings is 1. The van der Waals surface area contributed by atoms with Crippen LogP contribution in [-0.4, -0.2) is 34.1 Å². The van der Waals surface area contributed by atoms with E-state index >= 15 is 0 Å². The molecule has 1 fully saturated rings. The Morgan fingerprint density at radius 1 is 1.41 bits per heavy atom. The summed E-state index contributed by atoms with van der Waals surface area (Å²) >= 11 is 0. The zero-order valence-corrected chi connectivity index (χ0v) is 13.1. The molecule has 0 spiro atoms. The van der Waals surface area contributed by atoms with Crippen molar-refractivity contribution >= 4 is 0 Å². The van der Waals surface area contributed by atoms with Gasteiger partial charge in [-0.15, -0.1) is 0 Å². The molecule has 0 unspecified atom stereocenters. The smallest absolute Gasteiger partial charge is 0.101 e. The first-order valence-corrected chi connectivity index (χ1v) is 7.73. The van der Waals surface area contributed by atoms with E-state index in [1.807, 2.05) is 48.3 Å². The van der Waals surface area contributed by atoms with Crippen molar-refractivity contribution in [2.75, 3.05) is 13.2 Å². The first kappa shape index (κ1) is 15.2. The van der Waals surface area contributed by atoms with E-state index < -0.39 is 6.10 Å². The van der Waals surface area contributed by atoms with Crippen LogP contribution in [0.1, 0.15) is 35.4 Å². The highest BCUT2D eigenvalue weighted by Crippen LogP contribution is 2.31. The molecular weight excluding hydrogens is 278 g/mol. The molecule has 22 heavy (non-hydrogen) atoms. The summed E-state index contributed by atoms with van der Waals surface area (Å²) < 4.78 is 7.75. The van der Waals surface area contributed by atoms with E-state index in [4.69, 9.17) is 4.74 Å². The second-order valence-corrected chi connectivity index (χ2v) is 5.83. The third kappa shape index (κ3) is 3.06. The van der Waals surface area contributed by atoms with E-state index in [0.29, 0.717) is 6.54 Å². The van der Waals surface area contributed by atoms with Crippen molar-refractivity contribution in [3.63, 3.8) is 0 Å². The lowest BCUT2D eigenvalue weighted by molar-refractivity contribution is 0.0929. The van der Waals surface area contributed by atoms with Gasteiger partial charge in [-0.1, -0.05) is 30.3 Å². The Bertz CT molecular complexity index is 612. The summed E-state index contributed by atoms with van der Waals surface area (Å²) in [4.78, 5) is 0. The number of nitrogens with one attached hydrogen (secondary N) is 1. The Labute approximate surface area is 130 Å². The summed E-state index contributed by atoms with van der Waals surface area (Å²) in [6.07, 6.45) is 2.34. The normalized spacial score (nSPS) is 22.9. The van der Waals surface area contributed by atoms with Gasteiger partial charge in [-0.05, 0) is 18.9 Å². The minimum absolute atomic E-state index is 0.0108. The summed E-state index contributed by atoms with van der Waals surface area (Å²) in [5, 5.41) is 18.0. The summed E-state index contributed by atoms with van der Waals surface area (Å²) in [6, 6.07) is 9.94. The summed E-state index contributed by atoms with van der Waals surface area (Å²) in [6.45, 7) is 3.31. The average molecular weight is 301 g/mol. The molecule has 3 rings (SSSR count). The minimum atomic E-state index is -0.502. The zero-order valence-electron chi connectivity index (χ0n) is 13.1. The van der Waals surface area contributed by atoms with Crippen LogP contribution < -0.4 is 5.32 Å². The van der Waals surface area contributed by atoms with Gasteiger partial charge in [0.15, 0.2) is 0 Å². The van der Waals surface area contributed by atoms with Crippen molar-refractivity contribution in [3.05, 3.63) is 53.3 Å². The molecule has 2 aromatic rings. The molecule has 1 saturated heterocycles. The summed E-state index contributed by atoms with van der Waals surface area (Å²) in [5.74, 6) is 0. The van der Waals surface area contributed by atoms with Gasteiger partial charge in [-0.25, -0.2) is 0 Å². The largest absolute Gasteiger partial charge is 0.387 e. The quantitative estimate of drug-likeness (QED) is 0.885. The minimum Gasteiger partial charge on any atom is -0.387 e. The zero-order chi connectivity index (χ0) is 15.5. The molecule has 0 aliphatic carbocycles. The number of aromatic nitrogens is 2. The van der Waals surface area contributed by atoms with Gasteiger partial charge in [0.1, 0.15) is 6.10 Å².